The summed E-state index contributed by atoms with van der Waals surface area (Å²) < 4.78 is 13.9. The van der Waals surface area contributed by atoms with Crippen LogP contribution in [-0.4, -0.2) is 16.5 Å². The Morgan fingerprint density at radius 2 is 2.20 bits per heavy atom. The summed E-state index contributed by atoms with van der Waals surface area (Å²) in [5, 5.41) is 3.78. The molecule has 1 aromatic heterocycles. The molecule has 1 N–H and O–H groups in total. The lowest BCUT2D eigenvalue weighted by Crippen LogP contribution is -2.25. The molecular weight excluding hydrogens is 277 g/mol. The van der Waals surface area contributed by atoms with Gasteiger partial charge in [-0.1, -0.05) is 24.6 Å². The lowest BCUT2D eigenvalue weighted by molar-refractivity contribution is 0.502. The van der Waals surface area contributed by atoms with Gasteiger partial charge in [-0.2, -0.15) is 0 Å². The average molecular weight is 294 g/mol. The zero-order valence-corrected chi connectivity index (χ0v) is 12.1. The minimum atomic E-state index is -0.287. The Kier molecular flexibility index (Phi) is 5.44. The number of nitrogens with zero attached hydrogens (tertiary/aromatic N) is 2. The highest BCUT2D eigenvalue weighted by molar-refractivity contribution is 6.30. The van der Waals surface area contributed by atoms with Gasteiger partial charge in [0.25, 0.3) is 0 Å². The Morgan fingerprint density at radius 3 is 2.85 bits per heavy atom. The minimum absolute atomic E-state index is 0.0562. The standard InChI is InChI=1S/C15H17ClFN3/c1-2-5-19-14(15-10-18-6-7-20-15)8-11-3-4-12(16)9-13(11)17/h3-4,6-7,9-10,14,19H,2,5,8H2,1H3. The summed E-state index contributed by atoms with van der Waals surface area (Å²) in [5.74, 6) is -0.287. The molecule has 0 radical (unpaired) electrons. The van der Waals surface area contributed by atoms with Crippen LogP contribution in [0, 0.1) is 5.82 Å². The van der Waals surface area contributed by atoms with Crippen molar-refractivity contribution in [2.45, 2.75) is 25.8 Å². The van der Waals surface area contributed by atoms with Crippen molar-refractivity contribution in [1.82, 2.24) is 15.3 Å². The molecule has 5 heteroatoms. The molecule has 0 amide bonds. The van der Waals surface area contributed by atoms with Crippen LogP contribution in [0.2, 0.25) is 5.02 Å². The van der Waals surface area contributed by atoms with Gasteiger partial charge in [-0.05, 0) is 37.1 Å². The minimum Gasteiger partial charge on any atom is -0.308 e. The molecular formula is C15H17ClFN3. The number of aromatic nitrogens is 2. The summed E-state index contributed by atoms with van der Waals surface area (Å²) in [5.41, 5.74) is 1.43. The van der Waals surface area contributed by atoms with E-state index in [-0.39, 0.29) is 11.9 Å². The molecule has 0 bridgehead atoms. The molecule has 0 aliphatic carbocycles. The van der Waals surface area contributed by atoms with Crippen molar-refractivity contribution in [3.63, 3.8) is 0 Å². The molecule has 0 aliphatic heterocycles. The van der Waals surface area contributed by atoms with Gasteiger partial charge in [0, 0.05) is 23.6 Å². The van der Waals surface area contributed by atoms with Gasteiger partial charge in [0.1, 0.15) is 5.82 Å². The van der Waals surface area contributed by atoms with E-state index in [0.717, 1.165) is 18.7 Å². The van der Waals surface area contributed by atoms with Crippen LogP contribution in [0.1, 0.15) is 30.6 Å². The maximum absolute atomic E-state index is 13.9. The fourth-order valence-electron chi connectivity index (χ4n) is 2.00. The van der Waals surface area contributed by atoms with E-state index in [9.17, 15) is 4.39 Å². The maximum Gasteiger partial charge on any atom is 0.127 e. The summed E-state index contributed by atoms with van der Waals surface area (Å²) >= 11 is 5.78. The zero-order chi connectivity index (χ0) is 14.4. The Morgan fingerprint density at radius 1 is 1.35 bits per heavy atom. The molecule has 1 unspecified atom stereocenters. The van der Waals surface area contributed by atoms with Gasteiger partial charge in [0.05, 0.1) is 11.7 Å². The van der Waals surface area contributed by atoms with E-state index >= 15 is 0 Å². The fraction of sp³-hybridized carbons (Fsp3) is 0.333. The Labute approximate surface area is 123 Å². The Balaban J connectivity index is 2.19. The fourth-order valence-corrected chi connectivity index (χ4v) is 2.16. The normalized spacial score (nSPS) is 12.3. The van der Waals surface area contributed by atoms with Gasteiger partial charge in [-0.15, -0.1) is 0 Å². The highest BCUT2D eigenvalue weighted by Crippen LogP contribution is 2.21. The Bertz CT molecular complexity index is 548. The molecule has 3 nitrogen and oxygen atoms in total. The highest BCUT2D eigenvalue weighted by Gasteiger charge is 2.15. The molecule has 1 atom stereocenters. The first kappa shape index (κ1) is 14.9. The van der Waals surface area contributed by atoms with Crippen LogP contribution in [0.15, 0.2) is 36.8 Å². The summed E-state index contributed by atoms with van der Waals surface area (Å²) in [6.07, 6.45) is 6.50. The van der Waals surface area contributed by atoms with Gasteiger partial charge in [-0.3, -0.25) is 9.97 Å². The number of rotatable bonds is 6. The van der Waals surface area contributed by atoms with E-state index in [1.165, 1.54) is 6.07 Å². The van der Waals surface area contributed by atoms with Crippen molar-refractivity contribution in [3.05, 3.63) is 58.9 Å². The van der Waals surface area contributed by atoms with Crippen LogP contribution in [0.25, 0.3) is 0 Å². The predicted molar refractivity (Wildman–Crippen MR) is 78.2 cm³/mol. The van der Waals surface area contributed by atoms with Gasteiger partial charge in [0.2, 0.25) is 0 Å². The molecule has 0 saturated carbocycles. The first-order valence-corrected chi connectivity index (χ1v) is 7.01. The van der Waals surface area contributed by atoms with Crippen LogP contribution >= 0.6 is 11.6 Å². The van der Waals surface area contributed by atoms with Crippen LogP contribution in [0.5, 0.6) is 0 Å². The summed E-state index contributed by atoms with van der Waals surface area (Å²) in [7, 11) is 0. The average Bonchev–Trinajstić information content (AvgIpc) is 2.46. The lowest BCUT2D eigenvalue weighted by Gasteiger charge is -2.18. The van der Waals surface area contributed by atoms with Crippen molar-refractivity contribution in [2.24, 2.45) is 0 Å². The van der Waals surface area contributed by atoms with Crippen molar-refractivity contribution in [2.75, 3.05) is 6.54 Å². The molecule has 1 aromatic carbocycles. The second-order valence-corrected chi connectivity index (χ2v) is 5.01. The van der Waals surface area contributed by atoms with Crippen LogP contribution in [0.3, 0.4) is 0 Å². The Hall–Kier alpha value is -1.52. The van der Waals surface area contributed by atoms with Crippen molar-refractivity contribution >= 4 is 11.6 Å². The van der Waals surface area contributed by atoms with E-state index < -0.39 is 0 Å². The third-order valence-corrected chi connectivity index (χ3v) is 3.26. The summed E-state index contributed by atoms with van der Waals surface area (Å²) in [6.45, 7) is 2.93. The van der Waals surface area contributed by atoms with E-state index in [1.54, 1.807) is 30.7 Å². The van der Waals surface area contributed by atoms with Gasteiger partial charge < -0.3 is 5.32 Å². The monoisotopic (exact) mass is 293 g/mol. The molecule has 0 aliphatic rings. The van der Waals surface area contributed by atoms with Crippen LogP contribution < -0.4 is 5.32 Å². The lowest BCUT2D eigenvalue weighted by atomic mass is 10.0. The molecule has 0 fully saturated rings. The zero-order valence-electron chi connectivity index (χ0n) is 11.3. The number of hydrogen-bond acceptors (Lipinski definition) is 3. The van der Waals surface area contributed by atoms with E-state index in [4.69, 9.17) is 11.6 Å². The van der Waals surface area contributed by atoms with Crippen LogP contribution in [0.4, 0.5) is 4.39 Å². The molecule has 0 saturated heterocycles. The van der Waals surface area contributed by atoms with E-state index in [0.29, 0.717) is 17.0 Å². The smallest absolute Gasteiger partial charge is 0.127 e. The number of benzene rings is 1. The van der Waals surface area contributed by atoms with E-state index in [1.807, 2.05) is 0 Å². The SMILES string of the molecule is CCCNC(Cc1ccc(Cl)cc1F)c1cnccn1. The molecule has 1 heterocycles. The van der Waals surface area contributed by atoms with Crippen LogP contribution in [-0.2, 0) is 6.42 Å². The molecule has 0 spiro atoms. The van der Waals surface area contributed by atoms with Crippen molar-refractivity contribution < 1.29 is 4.39 Å². The second kappa shape index (κ2) is 7.31. The maximum atomic E-state index is 13.9. The number of hydrogen-bond donors (Lipinski definition) is 1. The second-order valence-electron chi connectivity index (χ2n) is 4.58. The number of nitrogens with one attached hydrogen (secondary N) is 1. The quantitative estimate of drug-likeness (QED) is 0.885. The highest BCUT2D eigenvalue weighted by atomic mass is 35.5. The van der Waals surface area contributed by atoms with Crippen molar-refractivity contribution in [3.8, 4) is 0 Å². The molecule has 106 valence electrons. The summed E-state index contributed by atoms with van der Waals surface area (Å²) in [6, 6.07) is 4.70. The third kappa shape index (κ3) is 3.99. The van der Waals surface area contributed by atoms with Gasteiger partial charge in [0.15, 0.2) is 0 Å². The topological polar surface area (TPSA) is 37.8 Å². The number of halogens is 2. The predicted octanol–water partition coefficient (Wildman–Crippen LogP) is 3.55. The van der Waals surface area contributed by atoms with Gasteiger partial charge in [-0.25, -0.2) is 4.39 Å². The first-order chi connectivity index (χ1) is 9.70. The van der Waals surface area contributed by atoms with E-state index in [2.05, 4.69) is 22.2 Å². The molecule has 2 rings (SSSR count). The largest absolute Gasteiger partial charge is 0.308 e. The third-order valence-electron chi connectivity index (χ3n) is 3.02. The van der Waals surface area contributed by atoms with Crippen molar-refractivity contribution in [1.29, 1.82) is 0 Å². The first-order valence-electron chi connectivity index (χ1n) is 6.64. The summed E-state index contributed by atoms with van der Waals surface area (Å²) in [4.78, 5) is 8.38. The van der Waals surface area contributed by atoms with Gasteiger partial charge >= 0.3 is 0 Å². The molecule has 20 heavy (non-hydrogen) atoms. The molecule has 2 aromatic rings.